The zero-order chi connectivity index (χ0) is 23.3. The standard InChI is InChI=1S/C23H23FN4O5/c1-11-18(8-16-15-7-13(24)3-4-17(15)26-21(16)29)25-12(2)20(11)22(30)27-19-10-33-28(23(19)31)14-5-6-32-9-14/h3-4,7-8,14,19,25H,5-6,9-10H2,1-2H3,(H,26,29)(H,27,30)/t14?,19-/m1/s1. The molecule has 0 spiro atoms. The van der Waals surface area contributed by atoms with Crippen molar-refractivity contribution in [2.24, 2.45) is 0 Å². The van der Waals surface area contributed by atoms with Crippen molar-refractivity contribution in [3.05, 3.63) is 52.1 Å². The van der Waals surface area contributed by atoms with Crippen molar-refractivity contribution in [1.29, 1.82) is 0 Å². The average molecular weight is 454 g/mol. The number of aromatic nitrogens is 1. The second kappa shape index (κ2) is 8.13. The predicted molar refractivity (Wildman–Crippen MR) is 116 cm³/mol. The number of aryl methyl sites for hydroxylation is 1. The van der Waals surface area contributed by atoms with Crippen LogP contribution in [0.15, 0.2) is 18.2 Å². The Balaban J connectivity index is 1.37. The Morgan fingerprint density at radius 1 is 1.27 bits per heavy atom. The van der Waals surface area contributed by atoms with Gasteiger partial charge in [-0.15, -0.1) is 0 Å². The number of carbonyl (C=O) groups is 3. The minimum Gasteiger partial charge on any atom is -0.379 e. The smallest absolute Gasteiger partial charge is 0.271 e. The van der Waals surface area contributed by atoms with Crippen LogP contribution in [-0.4, -0.2) is 59.7 Å². The quantitative estimate of drug-likeness (QED) is 0.611. The lowest BCUT2D eigenvalue weighted by atomic mass is 10.0. The van der Waals surface area contributed by atoms with Crippen molar-refractivity contribution >= 4 is 35.1 Å². The molecule has 2 aromatic rings. The molecule has 1 unspecified atom stereocenters. The first kappa shape index (κ1) is 21.4. The molecule has 2 atom stereocenters. The summed E-state index contributed by atoms with van der Waals surface area (Å²) >= 11 is 0. The van der Waals surface area contributed by atoms with Crippen LogP contribution in [0.4, 0.5) is 10.1 Å². The number of hydrogen-bond acceptors (Lipinski definition) is 5. The highest BCUT2D eigenvalue weighted by molar-refractivity contribution is 6.34. The molecular weight excluding hydrogens is 431 g/mol. The molecule has 0 bridgehead atoms. The van der Waals surface area contributed by atoms with Crippen LogP contribution in [0.3, 0.4) is 0 Å². The van der Waals surface area contributed by atoms with Gasteiger partial charge >= 0.3 is 0 Å². The van der Waals surface area contributed by atoms with E-state index in [9.17, 15) is 18.8 Å². The highest BCUT2D eigenvalue weighted by Gasteiger charge is 2.40. The van der Waals surface area contributed by atoms with Crippen LogP contribution in [0.25, 0.3) is 11.6 Å². The maximum Gasteiger partial charge on any atom is 0.271 e. The molecule has 1 aromatic carbocycles. The molecule has 3 N–H and O–H groups in total. The fraction of sp³-hybridized carbons (Fsp3) is 0.348. The van der Waals surface area contributed by atoms with Gasteiger partial charge in [-0.3, -0.25) is 19.2 Å². The number of ether oxygens (including phenoxy) is 1. The zero-order valence-electron chi connectivity index (χ0n) is 18.2. The summed E-state index contributed by atoms with van der Waals surface area (Å²) in [5, 5.41) is 6.77. The molecule has 10 heteroatoms. The first-order valence-electron chi connectivity index (χ1n) is 10.7. The van der Waals surface area contributed by atoms with E-state index in [2.05, 4.69) is 15.6 Å². The summed E-state index contributed by atoms with van der Waals surface area (Å²) in [6.45, 7) is 4.54. The molecule has 3 amide bonds. The number of carbonyl (C=O) groups excluding carboxylic acids is 3. The summed E-state index contributed by atoms with van der Waals surface area (Å²) in [6.07, 6.45) is 2.30. The first-order chi connectivity index (χ1) is 15.8. The van der Waals surface area contributed by atoms with Crippen molar-refractivity contribution in [2.75, 3.05) is 25.1 Å². The van der Waals surface area contributed by atoms with Crippen LogP contribution in [0.5, 0.6) is 0 Å². The van der Waals surface area contributed by atoms with Crippen LogP contribution in [0.1, 0.15) is 39.3 Å². The number of nitrogens with one attached hydrogen (secondary N) is 3. The molecule has 2 fully saturated rings. The van der Waals surface area contributed by atoms with E-state index in [1.165, 1.54) is 23.3 Å². The van der Waals surface area contributed by atoms with Gasteiger partial charge in [0.1, 0.15) is 18.5 Å². The zero-order valence-corrected chi connectivity index (χ0v) is 18.2. The highest BCUT2D eigenvalue weighted by atomic mass is 19.1. The Kier molecular flexibility index (Phi) is 5.26. The second-order valence-electron chi connectivity index (χ2n) is 8.37. The van der Waals surface area contributed by atoms with E-state index in [4.69, 9.17) is 9.57 Å². The normalized spacial score (nSPS) is 23.4. The Hall–Kier alpha value is -3.50. The second-order valence-corrected chi connectivity index (χ2v) is 8.37. The van der Waals surface area contributed by atoms with Crippen LogP contribution < -0.4 is 10.6 Å². The van der Waals surface area contributed by atoms with Crippen molar-refractivity contribution in [2.45, 2.75) is 32.4 Å². The number of hydrogen-bond donors (Lipinski definition) is 3. The summed E-state index contributed by atoms with van der Waals surface area (Å²) in [7, 11) is 0. The predicted octanol–water partition coefficient (Wildman–Crippen LogP) is 1.92. The highest BCUT2D eigenvalue weighted by Crippen LogP contribution is 2.34. The Bertz CT molecular complexity index is 1200. The molecule has 0 saturated carbocycles. The van der Waals surface area contributed by atoms with Gasteiger partial charge < -0.3 is 20.4 Å². The van der Waals surface area contributed by atoms with Gasteiger partial charge in [0.2, 0.25) is 0 Å². The third-order valence-corrected chi connectivity index (χ3v) is 6.19. The summed E-state index contributed by atoms with van der Waals surface area (Å²) in [5.41, 5.74) is 3.43. The van der Waals surface area contributed by atoms with E-state index >= 15 is 0 Å². The summed E-state index contributed by atoms with van der Waals surface area (Å²) in [4.78, 5) is 46.8. The van der Waals surface area contributed by atoms with Crippen molar-refractivity contribution in [1.82, 2.24) is 15.4 Å². The number of benzene rings is 1. The van der Waals surface area contributed by atoms with Gasteiger partial charge in [-0.05, 0) is 50.1 Å². The van der Waals surface area contributed by atoms with Gasteiger partial charge in [0.05, 0.1) is 23.8 Å². The van der Waals surface area contributed by atoms with Gasteiger partial charge in [-0.25, -0.2) is 9.45 Å². The van der Waals surface area contributed by atoms with Crippen LogP contribution >= 0.6 is 0 Å². The van der Waals surface area contributed by atoms with E-state index in [1.807, 2.05) is 0 Å². The molecule has 3 aliphatic rings. The third kappa shape index (κ3) is 3.70. The molecule has 33 heavy (non-hydrogen) atoms. The first-order valence-corrected chi connectivity index (χ1v) is 10.7. The number of nitrogens with zero attached hydrogens (tertiary/aromatic N) is 1. The van der Waals surface area contributed by atoms with Crippen LogP contribution in [0, 0.1) is 19.7 Å². The molecule has 9 nitrogen and oxygen atoms in total. The van der Waals surface area contributed by atoms with E-state index in [0.29, 0.717) is 59.0 Å². The van der Waals surface area contributed by atoms with E-state index in [0.717, 1.165) is 0 Å². The molecule has 0 radical (unpaired) electrons. The lowest BCUT2D eigenvalue weighted by Gasteiger charge is -2.20. The number of rotatable bonds is 4. The molecule has 3 aliphatic heterocycles. The summed E-state index contributed by atoms with van der Waals surface area (Å²) < 4.78 is 19.0. The largest absolute Gasteiger partial charge is 0.379 e. The van der Waals surface area contributed by atoms with E-state index < -0.39 is 17.8 Å². The molecule has 1 aromatic heterocycles. The lowest BCUT2D eigenvalue weighted by Crippen LogP contribution is -2.45. The van der Waals surface area contributed by atoms with Crippen LogP contribution in [0.2, 0.25) is 0 Å². The minimum atomic E-state index is -0.788. The lowest BCUT2D eigenvalue weighted by molar-refractivity contribution is -0.173. The van der Waals surface area contributed by atoms with Gasteiger partial charge in [0.25, 0.3) is 17.7 Å². The Morgan fingerprint density at radius 3 is 2.85 bits per heavy atom. The summed E-state index contributed by atoms with van der Waals surface area (Å²) in [5.74, 6) is -1.51. The fourth-order valence-corrected chi connectivity index (χ4v) is 4.48. The number of H-pyrrole nitrogens is 1. The fourth-order valence-electron chi connectivity index (χ4n) is 4.48. The summed E-state index contributed by atoms with van der Waals surface area (Å²) in [6, 6.07) is 3.16. The van der Waals surface area contributed by atoms with Gasteiger partial charge in [0.15, 0.2) is 0 Å². The molecular formula is C23H23FN4O5. The Morgan fingerprint density at radius 2 is 2.09 bits per heavy atom. The van der Waals surface area contributed by atoms with E-state index in [1.54, 1.807) is 19.9 Å². The molecule has 2 saturated heterocycles. The number of amides is 3. The van der Waals surface area contributed by atoms with E-state index in [-0.39, 0.29) is 24.5 Å². The third-order valence-electron chi connectivity index (χ3n) is 6.19. The molecule has 172 valence electrons. The van der Waals surface area contributed by atoms with Crippen molar-refractivity contribution < 1.29 is 28.3 Å². The van der Waals surface area contributed by atoms with Gasteiger partial charge in [-0.1, -0.05) is 0 Å². The average Bonchev–Trinajstić information content (AvgIpc) is 3.53. The monoisotopic (exact) mass is 454 g/mol. The van der Waals surface area contributed by atoms with Gasteiger partial charge in [0, 0.05) is 29.2 Å². The van der Waals surface area contributed by atoms with Crippen LogP contribution in [-0.2, 0) is 19.2 Å². The molecule has 5 rings (SSSR count). The van der Waals surface area contributed by atoms with Crippen molar-refractivity contribution in [3.63, 3.8) is 0 Å². The number of hydroxylamine groups is 2. The number of halogens is 1. The maximum atomic E-state index is 13.7. The topological polar surface area (TPSA) is 113 Å². The molecule has 4 heterocycles. The number of aromatic amines is 1. The minimum absolute atomic E-state index is 0.0586. The maximum absolute atomic E-state index is 13.7. The molecule has 0 aliphatic carbocycles. The van der Waals surface area contributed by atoms with Crippen molar-refractivity contribution in [3.8, 4) is 0 Å². The SMILES string of the molecule is Cc1[nH]c(C=C2C(=O)Nc3ccc(F)cc32)c(C)c1C(=O)N[C@@H]1CON(C2CCOC2)C1=O. The number of anilines is 1. The number of fused-ring (bicyclic) bond motifs is 1. The Labute approximate surface area is 188 Å². The van der Waals surface area contributed by atoms with Gasteiger partial charge in [-0.2, -0.15) is 0 Å².